The zero-order valence-corrected chi connectivity index (χ0v) is 13.0. The second kappa shape index (κ2) is 5.19. The number of hydrogen-bond acceptors (Lipinski definition) is 4. The Hall–Kier alpha value is -0.210. The Kier molecular flexibility index (Phi) is 4.04. The number of rotatable bonds is 4. The van der Waals surface area contributed by atoms with Gasteiger partial charge in [-0.25, -0.2) is 13.1 Å². The lowest BCUT2D eigenvalue weighted by molar-refractivity contribution is 0.583. The highest BCUT2D eigenvalue weighted by atomic mass is 79.9. The van der Waals surface area contributed by atoms with E-state index in [1.165, 1.54) is 11.3 Å². The van der Waals surface area contributed by atoms with Crippen LogP contribution in [0.25, 0.3) is 0 Å². The standard InChI is InChI=1S/C10H10BrNO2S3/c1-7-4-9(16-10(7)11)17(13,14)12-5-8-2-3-15-6-8/h2-4,6,12H,5H2,1H3. The molecule has 0 atom stereocenters. The van der Waals surface area contributed by atoms with Crippen molar-refractivity contribution in [2.75, 3.05) is 0 Å². The first kappa shape index (κ1) is 13.2. The molecule has 2 heterocycles. The normalized spacial score (nSPS) is 11.9. The van der Waals surface area contributed by atoms with Gasteiger partial charge in [0, 0.05) is 6.54 Å². The van der Waals surface area contributed by atoms with Crippen LogP contribution in [-0.4, -0.2) is 8.42 Å². The average molecular weight is 352 g/mol. The minimum atomic E-state index is -3.39. The minimum Gasteiger partial charge on any atom is -0.206 e. The maximum Gasteiger partial charge on any atom is 0.250 e. The first-order valence-electron chi connectivity index (χ1n) is 4.76. The van der Waals surface area contributed by atoms with Crippen molar-refractivity contribution in [2.45, 2.75) is 17.7 Å². The zero-order valence-electron chi connectivity index (χ0n) is 8.94. The van der Waals surface area contributed by atoms with E-state index in [1.807, 2.05) is 23.8 Å². The third kappa shape index (κ3) is 3.17. The van der Waals surface area contributed by atoms with Gasteiger partial charge in [-0.1, -0.05) is 0 Å². The molecule has 3 nitrogen and oxygen atoms in total. The van der Waals surface area contributed by atoms with Crippen molar-refractivity contribution in [3.8, 4) is 0 Å². The molecule has 0 aliphatic carbocycles. The van der Waals surface area contributed by atoms with Crippen LogP contribution in [0.1, 0.15) is 11.1 Å². The molecule has 0 aromatic carbocycles. The van der Waals surface area contributed by atoms with Gasteiger partial charge in [0.1, 0.15) is 4.21 Å². The van der Waals surface area contributed by atoms with Crippen molar-refractivity contribution in [1.29, 1.82) is 0 Å². The molecule has 1 N–H and O–H groups in total. The molecule has 0 bridgehead atoms. The molecule has 0 saturated heterocycles. The predicted molar refractivity (Wildman–Crippen MR) is 75.1 cm³/mol. The largest absolute Gasteiger partial charge is 0.250 e. The Morgan fingerprint density at radius 1 is 1.47 bits per heavy atom. The number of aryl methyl sites for hydroxylation is 1. The van der Waals surface area contributed by atoms with Crippen LogP contribution < -0.4 is 4.72 Å². The van der Waals surface area contributed by atoms with Crippen LogP contribution in [0.4, 0.5) is 0 Å². The Morgan fingerprint density at radius 2 is 2.24 bits per heavy atom. The van der Waals surface area contributed by atoms with Crippen molar-refractivity contribution in [3.63, 3.8) is 0 Å². The van der Waals surface area contributed by atoms with E-state index in [4.69, 9.17) is 0 Å². The highest BCUT2D eigenvalue weighted by molar-refractivity contribution is 9.11. The van der Waals surface area contributed by atoms with Gasteiger partial charge in [-0.15, -0.1) is 11.3 Å². The Bertz CT molecular complexity index is 582. The van der Waals surface area contributed by atoms with Gasteiger partial charge in [0.15, 0.2) is 0 Å². The summed E-state index contributed by atoms with van der Waals surface area (Å²) in [6.45, 7) is 2.21. The minimum absolute atomic E-state index is 0.334. The number of halogens is 1. The second-order valence-corrected chi connectivity index (χ2v) is 8.62. The SMILES string of the molecule is Cc1cc(S(=O)(=O)NCc2ccsc2)sc1Br. The van der Waals surface area contributed by atoms with E-state index >= 15 is 0 Å². The zero-order chi connectivity index (χ0) is 12.5. The monoisotopic (exact) mass is 351 g/mol. The van der Waals surface area contributed by atoms with Gasteiger partial charge in [0.2, 0.25) is 10.0 Å². The van der Waals surface area contributed by atoms with Gasteiger partial charge in [0.25, 0.3) is 0 Å². The van der Waals surface area contributed by atoms with Crippen LogP contribution in [0.2, 0.25) is 0 Å². The van der Waals surface area contributed by atoms with E-state index in [2.05, 4.69) is 20.7 Å². The molecular formula is C10H10BrNO2S3. The first-order valence-corrected chi connectivity index (χ1v) is 8.79. The van der Waals surface area contributed by atoms with Gasteiger partial charge < -0.3 is 0 Å². The number of nitrogens with one attached hydrogen (secondary N) is 1. The number of sulfonamides is 1. The number of thiophene rings is 2. The van der Waals surface area contributed by atoms with Crippen LogP contribution in [0, 0.1) is 6.92 Å². The molecule has 0 saturated carbocycles. The predicted octanol–water partition coefficient (Wildman–Crippen LogP) is 3.36. The van der Waals surface area contributed by atoms with Crippen LogP contribution in [-0.2, 0) is 16.6 Å². The van der Waals surface area contributed by atoms with E-state index in [0.29, 0.717) is 10.8 Å². The summed E-state index contributed by atoms with van der Waals surface area (Å²) < 4.78 is 27.7. The maximum absolute atomic E-state index is 12.0. The maximum atomic E-state index is 12.0. The molecule has 17 heavy (non-hydrogen) atoms. The van der Waals surface area contributed by atoms with Crippen molar-refractivity contribution in [1.82, 2.24) is 4.72 Å². The van der Waals surface area contributed by atoms with E-state index in [9.17, 15) is 8.42 Å². The quantitative estimate of drug-likeness (QED) is 0.917. The van der Waals surface area contributed by atoms with Gasteiger partial charge in [-0.3, -0.25) is 0 Å². The van der Waals surface area contributed by atoms with E-state index < -0.39 is 10.0 Å². The fourth-order valence-corrected chi connectivity index (χ4v) is 5.16. The smallest absolute Gasteiger partial charge is 0.206 e. The molecule has 0 fully saturated rings. The molecule has 0 radical (unpaired) electrons. The van der Waals surface area contributed by atoms with Crippen molar-refractivity contribution < 1.29 is 8.42 Å². The Labute approximate surface area is 117 Å². The van der Waals surface area contributed by atoms with E-state index in [0.717, 1.165) is 14.9 Å². The summed E-state index contributed by atoms with van der Waals surface area (Å²) in [6.07, 6.45) is 0. The van der Waals surface area contributed by atoms with E-state index in [-0.39, 0.29) is 0 Å². The molecule has 0 aliphatic heterocycles. The van der Waals surface area contributed by atoms with Gasteiger partial charge in [0.05, 0.1) is 3.79 Å². The van der Waals surface area contributed by atoms with Crippen molar-refractivity contribution in [2.24, 2.45) is 0 Å². The van der Waals surface area contributed by atoms with Crippen LogP contribution >= 0.6 is 38.6 Å². The van der Waals surface area contributed by atoms with Crippen LogP contribution in [0.5, 0.6) is 0 Å². The topological polar surface area (TPSA) is 46.2 Å². The third-order valence-corrected chi connectivity index (χ3v) is 6.89. The molecule has 92 valence electrons. The summed E-state index contributed by atoms with van der Waals surface area (Å²) in [4.78, 5) is 0. The molecule has 0 spiro atoms. The lowest BCUT2D eigenvalue weighted by atomic mass is 10.4. The highest BCUT2D eigenvalue weighted by Gasteiger charge is 2.17. The molecule has 0 unspecified atom stereocenters. The average Bonchev–Trinajstić information content (AvgIpc) is 2.87. The first-order chi connectivity index (χ1) is 7.99. The van der Waals surface area contributed by atoms with Crippen LogP contribution in [0.3, 0.4) is 0 Å². The fourth-order valence-electron chi connectivity index (χ4n) is 1.21. The van der Waals surface area contributed by atoms with Crippen LogP contribution in [0.15, 0.2) is 30.9 Å². The summed E-state index contributed by atoms with van der Waals surface area (Å²) in [5.74, 6) is 0. The fraction of sp³-hybridized carbons (Fsp3) is 0.200. The third-order valence-electron chi connectivity index (χ3n) is 2.15. The molecule has 0 amide bonds. The van der Waals surface area contributed by atoms with Gasteiger partial charge in [-0.05, 0) is 56.9 Å². The summed E-state index contributed by atoms with van der Waals surface area (Å²) >= 11 is 6.11. The van der Waals surface area contributed by atoms with Crippen molar-refractivity contribution in [3.05, 3.63) is 37.8 Å². The van der Waals surface area contributed by atoms with Crippen molar-refractivity contribution >= 4 is 48.6 Å². The summed E-state index contributed by atoms with van der Waals surface area (Å²) in [6, 6.07) is 3.58. The van der Waals surface area contributed by atoms with Gasteiger partial charge >= 0.3 is 0 Å². The molecule has 0 aliphatic rings. The molecule has 7 heteroatoms. The molecule has 2 aromatic rings. The summed E-state index contributed by atoms with van der Waals surface area (Å²) in [5.41, 5.74) is 1.91. The molecule has 2 aromatic heterocycles. The highest BCUT2D eigenvalue weighted by Crippen LogP contribution is 2.30. The Morgan fingerprint density at radius 3 is 2.76 bits per heavy atom. The lowest BCUT2D eigenvalue weighted by Gasteiger charge is -2.02. The molecular weight excluding hydrogens is 342 g/mol. The lowest BCUT2D eigenvalue weighted by Crippen LogP contribution is -2.22. The molecule has 2 rings (SSSR count). The van der Waals surface area contributed by atoms with Gasteiger partial charge in [-0.2, -0.15) is 11.3 Å². The Balaban J connectivity index is 2.14. The summed E-state index contributed by atoms with van der Waals surface area (Å²) in [5, 5.41) is 3.85. The summed E-state index contributed by atoms with van der Waals surface area (Å²) in [7, 11) is -3.39. The van der Waals surface area contributed by atoms with E-state index in [1.54, 1.807) is 17.4 Å². The number of hydrogen-bond donors (Lipinski definition) is 1. The second-order valence-electron chi connectivity index (χ2n) is 3.48.